The van der Waals surface area contributed by atoms with Crippen LogP contribution >= 0.6 is 23.4 Å². The van der Waals surface area contributed by atoms with E-state index in [1.807, 2.05) is 58.0 Å². The highest BCUT2D eigenvalue weighted by Gasteiger charge is 2.24. The van der Waals surface area contributed by atoms with Gasteiger partial charge in [0.1, 0.15) is 5.75 Å². The number of carbonyl (C=O) groups is 1. The third-order valence-electron chi connectivity index (χ3n) is 5.51. The summed E-state index contributed by atoms with van der Waals surface area (Å²) in [6, 6.07) is 15.7. The van der Waals surface area contributed by atoms with Gasteiger partial charge in [-0.3, -0.25) is 9.36 Å². The number of thioether (sulfide) groups is 1. The standard InChI is InChI=1S/C23H25ClN4O2S/c1-16-8-6-7-13-27(16)21(29)15-31-23-26-25-22(17-9-4-3-5-10-17)28(23)18-11-12-20(30-2)19(24)14-18/h3-5,9-12,14,16H,6-8,13,15H2,1-2H3. The van der Waals surface area contributed by atoms with Crippen molar-refractivity contribution in [3.63, 3.8) is 0 Å². The molecule has 3 aromatic rings. The lowest BCUT2D eigenvalue weighted by Crippen LogP contribution is -2.42. The largest absolute Gasteiger partial charge is 0.495 e. The second-order valence-electron chi connectivity index (χ2n) is 7.55. The number of ether oxygens (including phenoxy) is 1. The summed E-state index contributed by atoms with van der Waals surface area (Å²) < 4.78 is 7.23. The van der Waals surface area contributed by atoms with Crippen LogP contribution in [0.2, 0.25) is 5.02 Å². The van der Waals surface area contributed by atoms with Crippen LogP contribution in [-0.4, -0.2) is 51.0 Å². The number of carbonyl (C=O) groups excluding carboxylic acids is 1. The van der Waals surface area contributed by atoms with Crippen molar-refractivity contribution in [1.29, 1.82) is 0 Å². The van der Waals surface area contributed by atoms with Crippen molar-refractivity contribution in [3.8, 4) is 22.8 Å². The molecule has 8 heteroatoms. The molecule has 4 rings (SSSR count). The Labute approximate surface area is 191 Å². The monoisotopic (exact) mass is 456 g/mol. The first-order chi connectivity index (χ1) is 15.1. The Bertz CT molecular complexity index is 1060. The fourth-order valence-electron chi connectivity index (χ4n) is 3.84. The minimum atomic E-state index is 0.140. The molecule has 162 valence electrons. The van der Waals surface area contributed by atoms with Gasteiger partial charge < -0.3 is 9.64 Å². The lowest BCUT2D eigenvalue weighted by molar-refractivity contribution is -0.131. The molecule has 0 spiro atoms. The zero-order valence-corrected chi connectivity index (χ0v) is 19.2. The van der Waals surface area contributed by atoms with Crippen molar-refractivity contribution in [2.24, 2.45) is 0 Å². The van der Waals surface area contributed by atoms with Crippen molar-refractivity contribution in [1.82, 2.24) is 19.7 Å². The summed E-state index contributed by atoms with van der Waals surface area (Å²) in [6.45, 7) is 2.95. The summed E-state index contributed by atoms with van der Waals surface area (Å²) in [5, 5.41) is 9.99. The number of aromatic nitrogens is 3. The predicted molar refractivity (Wildman–Crippen MR) is 124 cm³/mol. The zero-order valence-electron chi connectivity index (χ0n) is 17.6. The number of likely N-dealkylation sites (tertiary alicyclic amines) is 1. The van der Waals surface area contributed by atoms with Gasteiger partial charge in [-0.15, -0.1) is 10.2 Å². The van der Waals surface area contributed by atoms with Crippen LogP contribution in [0.4, 0.5) is 0 Å². The number of rotatable bonds is 6. The van der Waals surface area contributed by atoms with Crippen LogP contribution in [0.25, 0.3) is 17.1 Å². The van der Waals surface area contributed by atoms with Crippen molar-refractivity contribution >= 4 is 29.3 Å². The average Bonchev–Trinajstić information content (AvgIpc) is 3.22. The van der Waals surface area contributed by atoms with E-state index in [1.165, 1.54) is 18.2 Å². The minimum Gasteiger partial charge on any atom is -0.495 e. The molecule has 2 aromatic carbocycles. The fraction of sp³-hybridized carbons (Fsp3) is 0.348. The van der Waals surface area contributed by atoms with Gasteiger partial charge in [-0.1, -0.05) is 53.7 Å². The van der Waals surface area contributed by atoms with E-state index < -0.39 is 0 Å². The molecule has 1 aliphatic rings. The highest BCUT2D eigenvalue weighted by molar-refractivity contribution is 7.99. The van der Waals surface area contributed by atoms with E-state index in [0.717, 1.165) is 30.6 Å². The van der Waals surface area contributed by atoms with Gasteiger partial charge in [0.05, 0.1) is 23.6 Å². The molecule has 1 unspecified atom stereocenters. The van der Waals surface area contributed by atoms with Crippen LogP contribution in [0.5, 0.6) is 5.75 Å². The Hall–Kier alpha value is -2.51. The Balaban J connectivity index is 1.65. The highest BCUT2D eigenvalue weighted by Crippen LogP contribution is 2.32. The van der Waals surface area contributed by atoms with Crippen LogP contribution in [0.3, 0.4) is 0 Å². The number of piperidine rings is 1. The fourth-order valence-corrected chi connectivity index (χ4v) is 4.93. The van der Waals surface area contributed by atoms with Gasteiger partial charge in [-0.2, -0.15) is 0 Å². The molecule has 0 aliphatic carbocycles. The third-order valence-corrected chi connectivity index (χ3v) is 6.72. The van der Waals surface area contributed by atoms with E-state index in [1.54, 1.807) is 7.11 Å². The lowest BCUT2D eigenvalue weighted by atomic mass is 10.0. The maximum Gasteiger partial charge on any atom is 0.233 e. The number of halogens is 1. The van der Waals surface area contributed by atoms with E-state index in [9.17, 15) is 4.79 Å². The second-order valence-corrected chi connectivity index (χ2v) is 8.90. The summed E-state index contributed by atoms with van der Waals surface area (Å²) in [7, 11) is 1.59. The molecular weight excluding hydrogens is 432 g/mol. The van der Waals surface area contributed by atoms with E-state index in [0.29, 0.717) is 33.5 Å². The zero-order chi connectivity index (χ0) is 21.8. The molecule has 31 heavy (non-hydrogen) atoms. The van der Waals surface area contributed by atoms with E-state index >= 15 is 0 Å². The second kappa shape index (κ2) is 9.75. The molecule has 6 nitrogen and oxygen atoms in total. The first-order valence-corrected chi connectivity index (χ1v) is 11.7. The van der Waals surface area contributed by atoms with Gasteiger partial charge in [0.15, 0.2) is 11.0 Å². The smallest absolute Gasteiger partial charge is 0.233 e. The van der Waals surface area contributed by atoms with Crippen molar-refractivity contribution < 1.29 is 9.53 Å². The van der Waals surface area contributed by atoms with Crippen LogP contribution in [0, 0.1) is 0 Å². The molecule has 0 N–H and O–H groups in total. The molecule has 1 amide bonds. The van der Waals surface area contributed by atoms with Crippen molar-refractivity contribution in [3.05, 3.63) is 53.6 Å². The Kier molecular flexibility index (Phi) is 6.83. The number of nitrogens with zero attached hydrogens (tertiary/aromatic N) is 4. The van der Waals surface area contributed by atoms with Crippen LogP contribution in [-0.2, 0) is 4.79 Å². The number of hydrogen-bond acceptors (Lipinski definition) is 5. The predicted octanol–water partition coefficient (Wildman–Crippen LogP) is 5.09. The van der Waals surface area contributed by atoms with Gasteiger partial charge in [-0.25, -0.2) is 0 Å². The molecule has 1 atom stereocenters. The minimum absolute atomic E-state index is 0.140. The number of methoxy groups -OCH3 is 1. The maximum absolute atomic E-state index is 12.9. The topological polar surface area (TPSA) is 60.2 Å². The summed E-state index contributed by atoms with van der Waals surface area (Å²) in [4.78, 5) is 14.8. The van der Waals surface area contributed by atoms with Gasteiger partial charge >= 0.3 is 0 Å². The van der Waals surface area contributed by atoms with E-state index in [4.69, 9.17) is 16.3 Å². The van der Waals surface area contributed by atoms with Gasteiger partial charge in [0, 0.05) is 18.2 Å². The van der Waals surface area contributed by atoms with Crippen LogP contribution in [0.1, 0.15) is 26.2 Å². The molecule has 1 saturated heterocycles. The molecule has 1 fully saturated rings. The van der Waals surface area contributed by atoms with Gasteiger partial charge in [0.2, 0.25) is 5.91 Å². The average molecular weight is 457 g/mol. The summed E-state index contributed by atoms with van der Waals surface area (Å²) >= 11 is 7.80. The summed E-state index contributed by atoms with van der Waals surface area (Å²) in [5.41, 5.74) is 1.75. The molecule has 0 radical (unpaired) electrons. The number of hydrogen-bond donors (Lipinski definition) is 0. The summed E-state index contributed by atoms with van der Waals surface area (Å²) in [6.07, 6.45) is 3.32. The molecule has 0 bridgehead atoms. The molecule has 1 aliphatic heterocycles. The number of benzene rings is 2. The lowest BCUT2D eigenvalue weighted by Gasteiger charge is -2.33. The van der Waals surface area contributed by atoms with Crippen molar-refractivity contribution in [2.75, 3.05) is 19.4 Å². The normalized spacial score (nSPS) is 16.4. The molecule has 1 aromatic heterocycles. The Morgan fingerprint density at radius 1 is 1.19 bits per heavy atom. The molecule has 2 heterocycles. The Morgan fingerprint density at radius 2 is 2.00 bits per heavy atom. The van der Waals surface area contributed by atoms with Crippen LogP contribution < -0.4 is 4.74 Å². The third kappa shape index (κ3) is 4.72. The first kappa shape index (κ1) is 21.7. The van der Waals surface area contributed by atoms with Crippen LogP contribution in [0.15, 0.2) is 53.7 Å². The SMILES string of the molecule is COc1ccc(-n2c(SCC(=O)N3CCCCC3C)nnc2-c2ccccc2)cc1Cl. The summed E-state index contributed by atoms with van der Waals surface area (Å²) in [5.74, 6) is 1.76. The first-order valence-electron chi connectivity index (χ1n) is 10.4. The molecular formula is C23H25ClN4O2S. The quantitative estimate of drug-likeness (QED) is 0.483. The van der Waals surface area contributed by atoms with Gasteiger partial charge in [-0.05, 0) is 44.4 Å². The maximum atomic E-state index is 12.9. The van der Waals surface area contributed by atoms with E-state index in [-0.39, 0.29) is 5.91 Å². The highest BCUT2D eigenvalue weighted by atomic mass is 35.5. The van der Waals surface area contributed by atoms with Gasteiger partial charge in [0.25, 0.3) is 0 Å². The Morgan fingerprint density at radius 3 is 2.71 bits per heavy atom. The number of amides is 1. The van der Waals surface area contributed by atoms with E-state index in [2.05, 4.69) is 17.1 Å². The van der Waals surface area contributed by atoms with Crippen molar-refractivity contribution in [2.45, 2.75) is 37.4 Å². The molecule has 0 saturated carbocycles.